The van der Waals surface area contributed by atoms with Gasteiger partial charge in [0.15, 0.2) is 5.65 Å². The molecule has 162 valence electrons. The largest absolute Gasteiger partial charge is 0.268 e. The summed E-state index contributed by atoms with van der Waals surface area (Å²) < 4.78 is 1.47. The van der Waals surface area contributed by atoms with Crippen molar-refractivity contribution in [1.82, 2.24) is 14.6 Å². The molecule has 4 aromatic rings. The number of carbonyl (C=O) groups excluding carboxylic acids is 2. The number of amides is 2. The number of rotatable bonds is 6. The van der Waals surface area contributed by atoms with E-state index in [1.54, 1.807) is 66.9 Å². The highest BCUT2D eigenvalue weighted by atomic mass is 35.5. The summed E-state index contributed by atoms with van der Waals surface area (Å²) in [7, 11) is 0. The molecular weight excluding hydrogens is 447 g/mol. The maximum Gasteiger partial charge on any atom is 0.268 e. The summed E-state index contributed by atoms with van der Waals surface area (Å²) in [5, 5.41) is 4.78. The Morgan fingerprint density at radius 1 is 0.938 bits per heavy atom. The second-order valence-electron chi connectivity index (χ2n) is 7.22. The van der Waals surface area contributed by atoms with Crippen LogP contribution in [0, 0.1) is 0 Å². The fraction of sp³-hybridized carbons (Fsp3) is 0.167. The van der Waals surface area contributed by atoms with Crippen molar-refractivity contribution >= 4 is 46.5 Å². The molecule has 32 heavy (non-hydrogen) atoms. The van der Waals surface area contributed by atoms with Gasteiger partial charge in [0.2, 0.25) is 0 Å². The predicted octanol–water partition coefficient (Wildman–Crippen LogP) is 5.87. The van der Waals surface area contributed by atoms with E-state index in [-0.39, 0.29) is 27.0 Å². The van der Waals surface area contributed by atoms with Gasteiger partial charge in [-0.05, 0) is 37.1 Å². The first-order chi connectivity index (χ1) is 15.5. The van der Waals surface area contributed by atoms with Gasteiger partial charge >= 0.3 is 0 Å². The number of anilines is 1. The van der Waals surface area contributed by atoms with E-state index in [9.17, 15) is 9.59 Å². The number of fused-ring (bicyclic) bond motifs is 1. The number of aryl methyl sites for hydroxylation is 1. The van der Waals surface area contributed by atoms with Gasteiger partial charge in [-0.25, -0.2) is 9.88 Å². The van der Waals surface area contributed by atoms with Crippen LogP contribution in [0.3, 0.4) is 0 Å². The molecule has 4 rings (SSSR count). The molecule has 0 N–H and O–H groups in total. The second-order valence-corrected chi connectivity index (χ2v) is 8.03. The quantitative estimate of drug-likeness (QED) is 0.333. The van der Waals surface area contributed by atoms with E-state index in [1.807, 2.05) is 0 Å². The highest BCUT2D eigenvalue weighted by Gasteiger charge is 2.31. The van der Waals surface area contributed by atoms with Crippen molar-refractivity contribution in [2.24, 2.45) is 0 Å². The Kier molecular flexibility index (Phi) is 6.53. The normalized spacial score (nSPS) is 11.0. The van der Waals surface area contributed by atoms with Crippen LogP contribution < -0.4 is 4.90 Å². The molecule has 8 heteroatoms. The van der Waals surface area contributed by atoms with Crippen molar-refractivity contribution in [2.75, 3.05) is 4.90 Å². The van der Waals surface area contributed by atoms with Gasteiger partial charge in [0.25, 0.3) is 11.8 Å². The third kappa shape index (κ3) is 4.24. The molecule has 0 atom stereocenters. The Morgan fingerprint density at radius 2 is 1.53 bits per heavy atom. The van der Waals surface area contributed by atoms with Crippen LogP contribution in [0.4, 0.5) is 5.82 Å². The zero-order valence-electron chi connectivity index (χ0n) is 17.3. The summed E-state index contributed by atoms with van der Waals surface area (Å²) in [6.07, 6.45) is 4.20. The van der Waals surface area contributed by atoms with Gasteiger partial charge in [0, 0.05) is 17.8 Å². The van der Waals surface area contributed by atoms with Gasteiger partial charge in [0.05, 0.1) is 27.4 Å². The van der Waals surface area contributed by atoms with E-state index in [4.69, 9.17) is 23.2 Å². The molecule has 6 nitrogen and oxygen atoms in total. The first-order valence-electron chi connectivity index (χ1n) is 10.2. The molecule has 2 aromatic carbocycles. The average molecular weight is 467 g/mol. The topological polar surface area (TPSA) is 67.6 Å². The number of halogens is 2. The first-order valence-corrected chi connectivity index (χ1v) is 11.0. The van der Waals surface area contributed by atoms with E-state index >= 15 is 0 Å². The van der Waals surface area contributed by atoms with E-state index in [1.165, 1.54) is 4.52 Å². The summed E-state index contributed by atoms with van der Waals surface area (Å²) >= 11 is 12.6. The van der Waals surface area contributed by atoms with E-state index < -0.39 is 11.8 Å². The van der Waals surface area contributed by atoms with Crippen LogP contribution >= 0.6 is 23.2 Å². The lowest BCUT2D eigenvalue weighted by atomic mass is 10.1. The molecule has 2 heterocycles. The van der Waals surface area contributed by atoms with Crippen molar-refractivity contribution in [3.8, 4) is 0 Å². The van der Waals surface area contributed by atoms with Crippen LogP contribution in [0.25, 0.3) is 5.65 Å². The Bertz CT molecular complexity index is 1240. The standard InChI is InChI=1S/C24H20Cl2N4O2/c1-2-3-8-16-15-22(30-21(28-16)13-14-27-30)29(23(31)17-9-4-6-11-19(17)25)24(32)18-10-5-7-12-20(18)26/h4-7,9-15H,2-3,8H2,1H3. The fourth-order valence-electron chi connectivity index (χ4n) is 3.40. The van der Waals surface area contributed by atoms with E-state index in [0.29, 0.717) is 12.1 Å². The van der Waals surface area contributed by atoms with Crippen LogP contribution in [0.2, 0.25) is 10.0 Å². The zero-order valence-corrected chi connectivity index (χ0v) is 18.8. The number of carbonyl (C=O) groups is 2. The van der Waals surface area contributed by atoms with Gasteiger partial charge in [-0.2, -0.15) is 9.61 Å². The second kappa shape index (κ2) is 9.51. The zero-order chi connectivity index (χ0) is 22.7. The van der Waals surface area contributed by atoms with Gasteiger partial charge in [-0.3, -0.25) is 9.59 Å². The lowest BCUT2D eigenvalue weighted by Gasteiger charge is -2.23. The van der Waals surface area contributed by atoms with Crippen molar-refractivity contribution in [3.05, 3.63) is 93.7 Å². The minimum absolute atomic E-state index is 0.196. The average Bonchev–Trinajstić information content (AvgIpc) is 3.27. The number of imide groups is 1. The Hall–Kier alpha value is -3.22. The van der Waals surface area contributed by atoms with Crippen molar-refractivity contribution < 1.29 is 9.59 Å². The number of aromatic nitrogens is 3. The maximum absolute atomic E-state index is 13.7. The molecule has 2 amide bonds. The van der Waals surface area contributed by atoms with Crippen LogP contribution in [-0.4, -0.2) is 26.4 Å². The molecule has 2 aromatic heterocycles. The molecule has 0 fully saturated rings. The third-order valence-electron chi connectivity index (χ3n) is 5.02. The first kappa shape index (κ1) is 22.0. The van der Waals surface area contributed by atoms with Crippen molar-refractivity contribution in [2.45, 2.75) is 26.2 Å². The monoisotopic (exact) mass is 466 g/mol. The van der Waals surface area contributed by atoms with Crippen LogP contribution in [0.5, 0.6) is 0 Å². The maximum atomic E-state index is 13.7. The van der Waals surface area contributed by atoms with Gasteiger partial charge in [-0.15, -0.1) is 0 Å². The molecular formula is C24H20Cl2N4O2. The summed E-state index contributed by atoms with van der Waals surface area (Å²) in [5.74, 6) is -0.879. The number of benzene rings is 2. The Morgan fingerprint density at radius 3 is 2.09 bits per heavy atom. The summed E-state index contributed by atoms with van der Waals surface area (Å²) in [6, 6.07) is 16.7. The minimum Gasteiger partial charge on any atom is -0.268 e. The third-order valence-corrected chi connectivity index (χ3v) is 5.68. The van der Waals surface area contributed by atoms with Crippen molar-refractivity contribution in [1.29, 1.82) is 0 Å². The van der Waals surface area contributed by atoms with Gasteiger partial charge in [-0.1, -0.05) is 60.8 Å². The predicted molar refractivity (Wildman–Crippen MR) is 126 cm³/mol. The summed E-state index contributed by atoms with van der Waals surface area (Å²) in [5.41, 5.74) is 1.69. The van der Waals surface area contributed by atoms with E-state index in [2.05, 4.69) is 17.0 Å². The molecule has 0 saturated carbocycles. The minimum atomic E-state index is -0.579. The fourth-order valence-corrected chi connectivity index (χ4v) is 3.84. The van der Waals surface area contributed by atoms with Gasteiger partial charge < -0.3 is 0 Å². The molecule has 0 unspecified atom stereocenters. The molecule has 0 aliphatic rings. The molecule has 0 saturated heterocycles. The molecule has 0 aliphatic carbocycles. The Labute approximate surface area is 195 Å². The SMILES string of the molecule is CCCCc1cc(N(C(=O)c2ccccc2Cl)C(=O)c2ccccc2Cl)n2nccc2n1. The summed E-state index contributed by atoms with van der Waals surface area (Å²) in [6.45, 7) is 2.09. The number of hydrogen-bond donors (Lipinski definition) is 0. The number of hydrogen-bond acceptors (Lipinski definition) is 4. The summed E-state index contributed by atoms with van der Waals surface area (Å²) in [4.78, 5) is 33.1. The lowest BCUT2D eigenvalue weighted by Crippen LogP contribution is -2.39. The number of unbranched alkanes of at least 4 members (excludes halogenated alkanes) is 1. The van der Waals surface area contributed by atoms with Crippen LogP contribution in [-0.2, 0) is 6.42 Å². The Balaban J connectivity index is 1.93. The highest BCUT2D eigenvalue weighted by molar-refractivity contribution is 6.38. The molecule has 0 spiro atoms. The smallest absolute Gasteiger partial charge is 0.268 e. The van der Waals surface area contributed by atoms with Crippen molar-refractivity contribution in [3.63, 3.8) is 0 Å². The molecule has 0 bridgehead atoms. The van der Waals surface area contributed by atoms with Gasteiger partial charge in [0.1, 0.15) is 5.82 Å². The molecule has 0 radical (unpaired) electrons. The lowest BCUT2D eigenvalue weighted by molar-refractivity contribution is 0.0896. The molecule has 0 aliphatic heterocycles. The van der Waals surface area contributed by atoms with Crippen LogP contribution in [0.1, 0.15) is 46.2 Å². The number of nitrogens with zero attached hydrogens (tertiary/aromatic N) is 4. The highest BCUT2D eigenvalue weighted by Crippen LogP contribution is 2.27. The van der Waals surface area contributed by atoms with E-state index in [0.717, 1.165) is 23.4 Å². The van der Waals surface area contributed by atoms with Crippen LogP contribution in [0.15, 0.2) is 66.9 Å².